The first-order valence-electron chi connectivity index (χ1n) is 10.1. The highest BCUT2D eigenvalue weighted by Gasteiger charge is 2.43. The molecule has 7 heteroatoms. The van der Waals surface area contributed by atoms with Crippen LogP contribution in [-0.4, -0.2) is 54.7 Å². The molecule has 1 aliphatic heterocycles. The maximum atomic E-state index is 15.5. The van der Waals surface area contributed by atoms with E-state index in [2.05, 4.69) is 0 Å². The van der Waals surface area contributed by atoms with Gasteiger partial charge in [0.05, 0.1) is 20.3 Å². The second kappa shape index (κ2) is 8.01. The van der Waals surface area contributed by atoms with Crippen molar-refractivity contribution in [2.45, 2.75) is 63.8 Å². The summed E-state index contributed by atoms with van der Waals surface area (Å²) in [6, 6.07) is 3.66. The molecule has 1 amide bonds. The third-order valence-corrected chi connectivity index (χ3v) is 5.83. The van der Waals surface area contributed by atoms with Crippen LogP contribution in [0.25, 0.3) is 0 Å². The van der Waals surface area contributed by atoms with Crippen molar-refractivity contribution >= 4 is 6.09 Å². The fourth-order valence-corrected chi connectivity index (χ4v) is 4.31. The van der Waals surface area contributed by atoms with Crippen LogP contribution in [-0.2, 0) is 11.2 Å². The molecule has 162 valence electrons. The zero-order valence-electron chi connectivity index (χ0n) is 18.0. The highest BCUT2D eigenvalue weighted by molar-refractivity contribution is 5.68. The molecule has 0 bridgehead atoms. The first kappa shape index (κ1) is 21.7. The summed E-state index contributed by atoms with van der Waals surface area (Å²) in [6.07, 6.45) is 0.221. The van der Waals surface area contributed by atoms with Gasteiger partial charge in [-0.2, -0.15) is 0 Å². The second-order valence-corrected chi connectivity index (χ2v) is 9.14. The molecule has 2 aliphatic rings. The van der Waals surface area contributed by atoms with Crippen LogP contribution in [0.5, 0.6) is 11.5 Å². The number of aliphatic hydroxyl groups is 1. The van der Waals surface area contributed by atoms with Gasteiger partial charge in [-0.15, -0.1) is 0 Å². The Morgan fingerprint density at radius 1 is 1.21 bits per heavy atom. The number of alkyl halides is 1. The van der Waals surface area contributed by atoms with E-state index in [1.54, 1.807) is 25.2 Å². The number of fused-ring (bicyclic) bond motifs is 1. The summed E-state index contributed by atoms with van der Waals surface area (Å²) in [5.74, 6) is 0.964. The number of nitrogens with zero attached hydrogens (tertiary/aromatic N) is 1. The number of benzene rings is 1. The fraction of sp³-hybridized carbons (Fsp3) is 0.682. The third kappa shape index (κ3) is 4.77. The Balaban J connectivity index is 1.63. The van der Waals surface area contributed by atoms with Crippen LogP contribution in [0.4, 0.5) is 9.18 Å². The minimum atomic E-state index is -1.40. The van der Waals surface area contributed by atoms with Gasteiger partial charge in [-0.25, -0.2) is 9.18 Å². The highest BCUT2D eigenvalue weighted by Crippen LogP contribution is 2.46. The molecule has 1 saturated heterocycles. The maximum absolute atomic E-state index is 15.5. The summed E-state index contributed by atoms with van der Waals surface area (Å²) in [5, 5.41) is 10.8. The molecule has 29 heavy (non-hydrogen) atoms. The Morgan fingerprint density at radius 3 is 2.34 bits per heavy atom. The van der Waals surface area contributed by atoms with Crippen LogP contribution >= 0.6 is 0 Å². The molecule has 1 N–H and O–H groups in total. The minimum absolute atomic E-state index is 0.208. The molecule has 1 fully saturated rings. The molecular weight excluding hydrogens is 377 g/mol. The van der Waals surface area contributed by atoms with Crippen LogP contribution in [0.15, 0.2) is 12.1 Å². The van der Waals surface area contributed by atoms with Crippen LogP contribution in [0.3, 0.4) is 0 Å². The first-order valence-corrected chi connectivity index (χ1v) is 10.1. The molecular formula is C22H32FNO5. The number of ether oxygens (including phenoxy) is 3. The standard InChI is InChI=1S/C22H32FNO5/c1-21(2,3)29-20(26)24-8-6-22(23,7-9-24)13-15-10-14-11-17(27-4)18(28-5)12-16(14)19(15)25/h11-12,15,19,25H,6-10,13H2,1-5H3. The number of rotatable bonds is 4. The molecule has 1 aromatic carbocycles. The lowest BCUT2D eigenvalue weighted by molar-refractivity contribution is -0.0106. The van der Waals surface area contributed by atoms with Crippen molar-refractivity contribution in [3.63, 3.8) is 0 Å². The summed E-state index contributed by atoms with van der Waals surface area (Å²) in [6.45, 7) is 6.10. The molecule has 0 aromatic heterocycles. The van der Waals surface area contributed by atoms with Gasteiger partial charge in [0.25, 0.3) is 0 Å². The van der Waals surface area contributed by atoms with E-state index in [1.807, 2.05) is 26.8 Å². The van der Waals surface area contributed by atoms with E-state index >= 15 is 4.39 Å². The SMILES string of the molecule is COc1cc2c(cc1OC)C(O)C(CC1(F)CCN(C(=O)OC(C)(C)C)CC1)C2. The van der Waals surface area contributed by atoms with Crippen molar-refractivity contribution in [3.8, 4) is 11.5 Å². The van der Waals surface area contributed by atoms with Crippen molar-refractivity contribution in [2.75, 3.05) is 27.3 Å². The van der Waals surface area contributed by atoms with Gasteiger partial charge in [0.1, 0.15) is 11.3 Å². The first-order chi connectivity index (χ1) is 13.5. The van der Waals surface area contributed by atoms with Crippen molar-refractivity contribution in [1.82, 2.24) is 4.90 Å². The largest absolute Gasteiger partial charge is 0.493 e. The van der Waals surface area contributed by atoms with Gasteiger partial charge < -0.3 is 24.2 Å². The lowest BCUT2D eigenvalue weighted by atomic mass is 9.82. The predicted molar refractivity (Wildman–Crippen MR) is 107 cm³/mol. The van der Waals surface area contributed by atoms with Gasteiger partial charge >= 0.3 is 6.09 Å². The molecule has 2 atom stereocenters. The molecule has 1 aliphatic carbocycles. The summed E-state index contributed by atoms with van der Waals surface area (Å²) in [7, 11) is 3.13. The number of piperidine rings is 1. The zero-order valence-corrected chi connectivity index (χ0v) is 18.0. The Kier molecular flexibility index (Phi) is 5.99. The minimum Gasteiger partial charge on any atom is -0.493 e. The summed E-state index contributed by atoms with van der Waals surface area (Å²) >= 11 is 0. The smallest absolute Gasteiger partial charge is 0.410 e. The topological polar surface area (TPSA) is 68.2 Å². The number of methoxy groups -OCH3 is 2. The van der Waals surface area contributed by atoms with Crippen molar-refractivity contribution in [1.29, 1.82) is 0 Å². The van der Waals surface area contributed by atoms with Crippen LogP contribution in [0.2, 0.25) is 0 Å². The van der Waals surface area contributed by atoms with Crippen molar-refractivity contribution in [2.24, 2.45) is 5.92 Å². The van der Waals surface area contributed by atoms with Crippen LogP contribution in [0, 0.1) is 5.92 Å². The highest BCUT2D eigenvalue weighted by atomic mass is 19.1. The van der Waals surface area contributed by atoms with E-state index in [0.717, 1.165) is 11.1 Å². The number of amides is 1. The monoisotopic (exact) mass is 409 g/mol. The van der Waals surface area contributed by atoms with E-state index in [-0.39, 0.29) is 25.2 Å². The quantitative estimate of drug-likeness (QED) is 0.813. The molecule has 1 heterocycles. The number of aliphatic hydroxyl groups excluding tert-OH is 1. The summed E-state index contributed by atoms with van der Waals surface area (Å²) in [5.41, 5.74) is -0.221. The Labute approximate surface area is 171 Å². The molecule has 2 unspecified atom stereocenters. The fourth-order valence-electron chi connectivity index (χ4n) is 4.31. The molecule has 0 radical (unpaired) electrons. The lowest BCUT2D eigenvalue weighted by Crippen LogP contribution is -2.47. The number of carbonyl (C=O) groups is 1. The number of halogens is 1. The average molecular weight is 409 g/mol. The predicted octanol–water partition coefficient (Wildman–Crippen LogP) is 4.04. The molecule has 6 nitrogen and oxygen atoms in total. The van der Waals surface area contributed by atoms with Gasteiger partial charge in [-0.05, 0) is 75.6 Å². The molecule has 1 aromatic rings. The number of carbonyl (C=O) groups excluding carboxylic acids is 1. The van der Waals surface area contributed by atoms with Crippen molar-refractivity contribution < 1.29 is 28.5 Å². The van der Waals surface area contributed by atoms with E-state index in [1.165, 1.54) is 0 Å². The van der Waals surface area contributed by atoms with E-state index in [0.29, 0.717) is 31.0 Å². The number of likely N-dealkylation sites (tertiary alicyclic amines) is 1. The van der Waals surface area contributed by atoms with Crippen LogP contribution < -0.4 is 9.47 Å². The van der Waals surface area contributed by atoms with E-state index in [4.69, 9.17) is 14.2 Å². The number of hydrogen-bond acceptors (Lipinski definition) is 5. The van der Waals surface area contributed by atoms with Gasteiger partial charge in [0, 0.05) is 13.1 Å². The Bertz CT molecular complexity index is 752. The Morgan fingerprint density at radius 2 is 1.79 bits per heavy atom. The van der Waals surface area contributed by atoms with E-state index in [9.17, 15) is 9.90 Å². The lowest BCUT2D eigenvalue weighted by Gasteiger charge is -2.38. The summed E-state index contributed by atoms with van der Waals surface area (Å²) < 4.78 is 31.6. The second-order valence-electron chi connectivity index (χ2n) is 9.14. The van der Waals surface area contributed by atoms with Crippen molar-refractivity contribution in [3.05, 3.63) is 23.3 Å². The Hall–Kier alpha value is -2.02. The average Bonchev–Trinajstić information content (AvgIpc) is 2.94. The van der Waals surface area contributed by atoms with Gasteiger partial charge in [-0.1, -0.05) is 0 Å². The van der Waals surface area contributed by atoms with Crippen LogP contribution in [0.1, 0.15) is 57.3 Å². The maximum Gasteiger partial charge on any atom is 0.410 e. The van der Waals surface area contributed by atoms with E-state index < -0.39 is 23.5 Å². The number of hydrogen-bond donors (Lipinski definition) is 1. The molecule has 3 rings (SSSR count). The third-order valence-electron chi connectivity index (χ3n) is 5.83. The molecule has 0 saturated carbocycles. The van der Waals surface area contributed by atoms with Gasteiger partial charge in [0.15, 0.2) is 11.5 Å². The van der Waals surface area contributed by atoms with Gasteiger partial charge in [-0.3, -0.25) is 0 Å². The summed E-state index contributed by atoms with van der Waals surface area (Å²) in [4.78, 5) is 13.8. The normalized spacial score (nSPS) is 23.5. The van der Waals surface area contributed by atoms with Gasteiger partial charge in [0.2, 0.25) is 0 Å². The molecule has 0 spiro atoms. The zero-order chi connectivity index (χ0) is 21.4.